The number of carbonyl (C=O) groups excluding carboxylic acids is 3. The van der Waals surface area contributed by atoms with Gasteiger partial charge < -0.3 is 14.8 Å². The van der Waals surface area contributed by atoms with Crippen molar-refractivity contribution in [1.82, 2.24) is 20.4 Å². The fourth-order valence-corrected chi connectivity index (χ4v) is 2.93. The van der Waals surface area contributed by atoms with Crippen LogP contribution in [0.25, 0.3) is 16.9 Å². The minimum atomic E-state index is -1.24. The van der Waals surface area contributed by atoms with E-state index >= 15 is 0 Å². The van der Waals surface area contributed by atoms with E-state index in [1.54, 1.807) is 31.2 Å². The minimum absolute atomic E-state index is 0.0743. The molecule has 9 nitrogen and oxygen atoms in total. The fourth-order valence-electron chi connectivity index (χ4n) is 2.93. The first kappa shape index (κ1) is 23.5. The van der Waals surface area contributed by atoms with Gasteiger partial charge in [-0.3, -0.25) is 10.1 Å². The van der Waals surface area contributed by atoms with Gasteiger partial charge in [0.1, 0.15) is 22.8 Å². The molecule has 3 rings (SSSR count). The van der Waals surface area contributed by atoms with Crippen molar-refractivity contribution < 1.29 is 28.2 Å². The Morgan fingerprint density at radius 1 is 1.15 bits per heavy atom. The number of nitrogens with one attached hydrogen (secondary N) is 2. The van der Waals surface area contributed by atoms with E-state index in [-0.39, 0.29) is 11.3 Å². The standard InChI is InChI=1S/C23H23FN4O5/c1-4-25-23(31)26-21(29)14(2)33-22(30)19-13-28(17-10-8-16(24)9-11-17)27-20(19)15-6-5-7-18(12-15)32-3/h5-14H,4H2,1-3H3,(H2,25,26,29,31)/t14-/m0/s1. The first-order valence-electron chi connectivity index (χ1n) is 10.1. The predicted octanol–water partition coefficient (Wildman–Crippen LogP) is 3.08. The minimum Gasteiger partial charge on any atom is -0.497 e. The van der Waals surface area contributed by atoms with E-state index < -0.39 is 29.8 Å². The van der Waals surface area contributed by atoms with Crippen molar-refractivity contribution in [3.63, 3.8) is 0 Å². The number of imide groups is 1. The van der Waals surface area contributed by atoms with Crippen LogP contribution in [0.4, 0.5) is 9.18 Å². The number of hydrogen-bond acceptors (Lipinski definition) is 6. The molecule has 0 unspecified atom stereocenters. The number of methoxy groups -OCH3 is 1. The van der Waals surface area contributed by atoms with Crippen molar-refractivity contribution in [2.75, 3.05) is 13.7 Å². The summed E-state index contributed by atoms with van der Waals surface area (Å²) in [6, 6.07) is 11.8. The number of ether oxygens (including phenoxy) is 2. The van der Waals surface area contributed by atoms with Gasteiger partial charge in [0.05, 0.1) is 12.8 Å². The van der Waals surface area contributed by atoms with Crippen LogP contribution in [0.5, 0.6) is 5.75 Å². The highest BCUT2D eigenvalue weighted by molar-refractivity contribution is 6.00. The molecule has 0 saturated heterocycles. The summed E-state index contributed by atoms with van der Waals surface area (Å²) in [5, 5.41) is 8.99. The lowest BCUT2D eigenvalue weighted by atomic mass is 10.1. The number of urea groups is 1. The van der Waals surface area contributed by atoms with Gasteiger partial charge in [-0.1, -0.05) is 12.1 Å². The zero-order valence-electron chi connectivity index (χ0n) is 18.3. The Bertz CT molecular complexity index is 1160. The molecule has 1 atom stereocenters. The Kier molecular flexibility index (Phi) is 7.39. The van der Waals surface area contributed by atoms with Gasteiger partial charge in [0, 0.05) is 18.3 Å². The van der Waals surface area contributed by atoms with E-state index in [1.165, 1.54) is 49.2 Å². The molecule has 3 amide bonds. The van der Waals surface area contributed by atoms with Crippen molar-refractivity contribution in [2.24, 2.45) is 0 Å². The lowest BCUT2D eigenvalue weighted by Gasteiger charge is -2.13. The molecule has 2 N–H and O–H groups in total. The van der Waals surface area contributed by atoms with Gasteiger partial charge in [-0.2, -0.15) is 5.10 Å². The number of aromatic nitrogens is 2. The number of nitrogens with zero attached hydrogens (tertiary/aromatic N) is 2. The molecule has 1 heterocycles. The van der Waals surface area contributed by atoms with Crippen LogP contribution in [-0.2, 0) is 9.53 Å². The molecule has 0 spiro atoms. The van der Waals surface area contributed by atoms with Crippen LogP contribution in [0.3, 0.4) is 0 Å². The van der Waals surface area contributed by atoms with Crippen LogP contribution >= 0.6 is 0 Å². The van der Waals surface area contributed by atoms with Crippen molar-refractivity contribution >= 4 is 17.9 Å². The van der Waals surface area contributed by atoms with Gasteiger partial charge in [0.25, 0.3) is 5.91 Å². The second-order valence-electron chi connectivity index (χ2n) is 6.94. The predicted molar refractivity (Wildman–Crippen MR) is 118 cm³/mol. The molecule has 0 saturated carbocycles. The van der Waals surface area contributed by atoms with Gasteiger partial charge in [0.2, 0.25) is 0 Å². The van der Waals surface area contributed by atoms with Crippen LogP contribution in [0.15, 0.2) is 54.7 Å². The van der Waals surface area contributed by atoms with Gasteiger partial charge >= 0.3 is 12.0 Å². The van der Waals surface area contributed by atoms with Crippen molar-refractivity contribution in [3.05, 3.63) is 66.1 Å². The number of carbonyl (C=O) groups is 3. The Labute approximate surface area is 189 Å². The summed E-state index contributed by atoms with van der Waals surface area (Å²) in [6.07, 6.45) is 0.186. The maximum Gasteiger partial charge on any atom is 0.342 e. The molecule has 0 fully saturated rings. The van der Waals surface area contributed by atoms with E-state index in [0.717, 1.165) is 0 Å². The van der Waals surface area contributed by atoms with Crippen LogP contribution < -0.4 is 15.4 Å². The van der Waals surface area contributed by atoms with Crippen molar-refractivity contribution in [1.29, 1.82) is 0 Å². The number of halogens is 1. The molecular formula is C23H23FN4O5. The zero-order valence-corrected chi connectivity index (χ0v) is 18.3. The molecule has 1 aromatic heterocycles. The van der Waals surface area contributed by atoms with E-state index in [1.807, 2.05) is 0 Å². The van der Waals surface area contributed by atoms with Gasteiger partial charge in [0.15, 0.2) is 6.10 Å². The highest BCUT2D eigenvalue weighted by atomic mass is 19.1. The van der Waals surface area contributed by atoms with Crippen LogP contribution in [-0.4, -0.2) is 47.4 Å². The summed E-state index contributed by atoms with van der Waals surface area (Å²) in [5.41, 5.74) is 1.44. The topological polar surface area (TPSA) is 112 Å². The second-order valence-corrected chi connectivity index (χ2v) is 6.94. The summed E-state index contributed by atoms with van der Waals surface area (Å²) in [4.78, 5) is 36.7. The van der Waals surface area contributed by atoms with Crippen molar-refractivity contribution in [2.45, 2.75) is 20.0 Å². The fraction of sp³-hybridized carbons (Fsp3) is 0.217. The summed E-state index contributed by atoms with van der Waals surface area (Å²) in [7, 11) is 1.51. The Morgan fingerprint density at radius 3 is 2.55 bits per heavy atom. The maximum absolute atomic E-state index is 13.3. The Balaban J connectivity index is 1.93. The Hall–Kier alpha value is -4.21. The summed E-state index contributed by atoms with van der Waals surface area (Å²) >= 11 is 0. The molecule has 0 aliphatic carbocycles. The number of esters is 1. The molecule has 3 aromatic rings. The van der Waals surface area contributed by atoms with E-state index in [2.05, 4.69) is 15.7 Å². The SMILES string of the molecule is CCNC(=O)NC(=O)[C@H](C)OC(=O)c1cn(-c2ccc(F)cc2)nc1-c1cccc(OC)c1. The summed E-state index contributed by atoms with van der Waals surface area (Å²) in [5.74, 6) is -1.45. The highest BCUT2D eigenvalue weighted by Gasteiger charge is 2.25. The largest absolute Gasteiger partial charge is 0.497 e. The molecular weight excluding hydrogens is 431 g/mol. The second kappa shape index (κ2) is 10.4. The summed E-state index contributed by atoms with van der Waals surface area (Å²) in [6.45, 7) is 3.38. The van der Waals surface area contributed by atoms with Crippen molar-refractivity contribution in [3.8, 4) is 22.7 Å². The molecule has 2 aromatic carbocycles. The molecule has 0 bridgehead atoms. The van der Waals surface area contributed by atoms with Gasteiger partial charge in [-0.15, -0.1) is 0 Å². The third-order valence-corrected chi connectivity index (χ3v) is 4.60. The molecule has 10 heteroatoms. The molecule has 0 aliphatic rings. The first-order valence-corrected chi connectivity index (χ1v) is 10.1. The van der Waals surface area contributed by atoms with Gasteiger partial charge in [-0.25, -0.2) is 18.7 Å². The first-order chi connectivity index (χ1) is 15.8. The van der Waals surface area contributed by atoms with Crippen LogP contribution in [0.2, 0.25) is 0 Å². The molecule has 0 radical (unpaired) electrons. The molecule has 172 valence electrons. The van der Waals surface area contributed by atoms with E-state index in [9.17, 15) is 18.8 Å². The Morgan fingerprint density at radius 2 is 1.88 bits per heavy atom. The normalized spacial score (nSPS) is 11.4. The van der Waals surface area contributed by atoms with E-state index in [0.29, 0.717) is 23.5 Å². The number of rotatable bonds is 7. The smallest absolute Gasteiger partial charge is 0.342 e. The number of benzene rings is 2. The number of hydrogen-bond donors (Lipinski definition) is 2. The maximum atomic E-state index is 13.3. The average Bonchev–Trinajstić information content (AvgIpc) is 3.25. The van der Waals surface area contributed by atoms with Crippen LogP contribution in [0, 0.1) is 5.82 Å². The zero-order chi connectivity index (χ0) is 24.0. The lowest BCUT2D eigenvalue weighted by molar-refractivity contribution is -0.127. The average molecular weight is 454 g/mol. The summed E-state index contributed by atoms with van der Waals surface area (Å²) < 4.78 is 25.3. The quantitative estimate of drug-likeness (QED) is 0.531. The molecule has 33 heavy (non-hydrogen) atoms. The monoisotopic (exact) mass is 454 g/mol. The lowest BCUT2D eigenvalue weighted by Crippen LogP contribution is -2.44. The highest BCUT2D eigenvalue weighted by Crippen LogP contribution is 2.27. The molecule has 0 aliphatic heterocycles. The number of amides is 3. The third-order valence-electron chi connectivity index (χ3n) is 4.60. The van der Waals surface area contributed by atoms with Gasteiger partial charge in [-0.05, 0) is 50.2 Å². The third kappa shape index (κ3) is 5.73. The van der Waals surface area contributed by atoms with Crippen LogP contribution in [0.1, 0.15) is 24.2 Å². The van der Waals surface area contributed by atoms with E-state index in [4.69, 9.17) is 9.47 Å².